The number of hydrogen-bond donors (Lipinski definition) is 2. The van der Waals surface area contributed by atoms with E-state index in [0.29, 0.717) is 24.1 Å². The number of nitrogens with zero attached hydrogens (tertiary/aromatic N) is 1. The molecule has 2 rings (SSSR count). The van der Waals surface area contributed by atoms with Gasteiger partial charge in [0.25, 0.3) is 0 Å². The summed E-state index contributed by atoms with van der Waals surface area (Å²) in [7, 11) is -1.78. The van der Waals surface area contributed by atoms with Crippen molar-refractivity contribution in [3.05, 3.63) is 18.5 Å². The zero-order valence-corrected chi connectivity index (χ0v) is 12.2. The molecule has 0 spiro atoms. The summed E-state index contributed by atoms with van der Waals surface area (Å²) >= 11 is 0. The van der Waals surface area contributed by atoms with E-state index in [-0.39, 0.29) is 4.90 Å². The molecule has 0 aromatic carbocycles. The minimum Gasteiger partial charge on any atom is -0.387 e. The zero-order valence-electron chi connectivity index (χ0n) is 11.4. The summed E-state index contributed by atoms with van der Waals surface area (Å²) in [5, 5.41) is 2.88. The number of aromatic nitrogens is 1. The normalized spacial score (nSPS) is 23.5. The first-order valence-corrected chi connectivity index (χ1v) is 8.12. The van der Waals surface area contributed by atoms with Crippen molar-refractivity contribution in [2.75, 3.05) is 18.9 Å². The van der Waals surface area contributed by atoms with Gasteiger partial charge in [-0.2, -0.15) is 0 Å². The Morgan fingerprint density at radius 2 is 2.21 bits per heavy atom. The predicted molar refractivity (Wildman–Crippen MR) is 75.5 cm³/mol. The molecule has 19 heavy (non-hydrogen) atoms. The van der Waals surface area contributed by atoms with Gasteiger partial charge in [0.15, 0.2) is 0 Å². The summed E-state index contributed by atoms with van der Waals surface area (Å²) in [6, 6.07) is 1.66. The molecule has 6 heteroatoms. The standard InChI is InChI=1S/C13H21N3O2S/c1-10-3-4-11(7-10)8-16-19(17,18)13-9-15-6-5-12(13)14-2/h5-6,9-11,16H,3-4,7-8H2,1-2H3,(H,14,15). The van der Waals surface area contributed by atoms with Crippen molar-refractivity contribution in [2.24, 2.45) is 11.8 Å². The van der Waals surface area contributed by atoms with Gasteiger partial charge in [0.1, 0.15) is 4.90 Å². The second-order valence-corrected chi connectivity index (χ2v) is 6.99. The van der Waals surface area contributed by atoms with Gasteiger partial charge in [-0.25, -0.2) is 13.1 Å². The van der Waals surface area contributed by atoms with Gasteiger partial charge < -0.3 is 5.32 Å². The highest BCUT2D eigenvalue weighted by atomic mass is 32.2. The number of rotatable bonds is 5. The molecular formula is C13H21N3O2S. The summed E-state index contributed by atoms with van der Waals surface area (Å²) in [6.45, 7) is 2.74. The van der Waals surface area contributed by atoms with Crippen molar-refractivity contribution in [1.29, 1.82) is 0 Å². The Kier molecular flexibility index (Phi) is 4.42. The molecule has 0 bridgehead atoms. The van der Waals surface area contributed by atoms with Crippen molar-refractivity contribution in [1.82, 2.24) is 9.71 Å². The Morgan fingerprint density at radius 1 is 1.42 bits per heavy atom. The van der Waals surface area contributed by atoms with Crippen LogP contribution in [0, 0.1) is 11.8 Å². The summed E-state index contributed by atoms with van der Waals surface area (Å²) in [4.78, 5) is 4.10. The van der Waals surface area contributed by atoms with E-state index in [0.717, 1.165) is 12.8 Å². The number of pyridine rings is 1. The third-order valence-corrected chi connectivity index (χ3v) is 5.16. The van der Waals surface area contributed by atoms with Crippen molar-refractivity contribution in [2.45, 2.75) is 31.1 Å². The van der Waals surface area contributed by atoms with Crippen molar-refractivity contribution in [3.63, 3.8) is 0 Å². The van der Waals surface area contributed by atoms with Gasteiger partial charge in [-0.05, 0) is 30.7 Å². The van der Waals surface area contributed by atoms with Crippen LogP contribution in [0.3, 0.4) is 0 Å². The Labute approximate surface area is 114 Å². The maximum absolute atomic E-state index is 12.3. The molecule has 2 unspecified atom stereocenters. The van der Waals surface area contributed by atoms with E-state index in [1.807, 2.05) is 0 Å². The quantitative estimate of drug-likeness (QED) is 0.865. The minimum absolute atomic E-state index is 0.212. The summed E-state index contributed by atoms with van der Waals surface area (Å²) in [6.07, 6.45) is 6.36. The molecule has 1 aliphatic rings. The first-order chi connectivity index (χ1) is 9.03. The van der Waals surface area contributed by atoms with E-state index in [1.165, 1.54) is 12.6 Å². The molecule has 5 nitrogen and oxygen atoms in total. The van der Waals surface area contributed by atoms with E-state index in [2.05, 4.69) is 21.9 Å². The highest BCUT2D eigenvalue weighted by Crippen LogP contribution is 2.30. The Hall–Kier alpha value is -1.14. The van der Waals surface area contributed by atoms with Gasteiger partial charge in [0, 0.05) is 26.0 Å². The van der Waals surface area contributed by atoms with Gasteiger partial charge in [-0.15, -0.1) is 0 Å². The lowest BCUT2D eigenvalue weighted by Crippen LogP contribution is -2.29. The second kappa shape index (κ2) is 5.88. The van der Waals surface area contributed by atoms with Crippen LogP contribution in [0.1, 0.15) is 26.2 Å². The summed E-state index contributed by atoms with van der Waals surface area (Å²) in [5.74, 6) is 1.17. The number of sulfonamides is 1. The van der Waals surface area contributed by atoms with Crippen LogP contribution in [0.25, 0.3) is 0 Å². The fourth-order valence-corrected chi connectivity index (χ4v) is 3.89. The van der Waals surface area contributed by atoms with E-state index >= 15 is 0 Å². The number of anilines is 1. The Morgan fingerprint density at radius 3 is 2.84 bits per heavy atom. The van der Waals surface area contributed by atoms with Crippen molar-refractivity contribution < 1.29 is 8.42 Å². The molecule has 0 radical (unpaired) electrons. The molecule has 0 aliphatic heterocycles. The van der Waals surface area contributed by atoms with E-state index in [4.69, 9.17) is 0 Å². The molecule has 1 saturated carbocycles. The molecule has 1 heterocycles. The lowest BCUT2D eigenvalue weighted by Gasteiger charge is -2.13. The van der Waals surface area contributed by atoms with Crippen LogP contribution in [-0.2, 0) is 10.0 Å². The van der Waals surface area contributed by atoms with Gasteiger partial charge >= 0.3 is 0 Å². The van der Waals surface area contributed by atoms with Gasteiger partial charge in [-0.1, -0.05) is 13.3 Å². The van der Waals surface area contributed by atoms with Crippen LogP contribution in [0.5, 0.6) is 0 Å². The molecule has 1 aromatic rings. The third-order valence-electron chi connectivity index (χ3n) is 3.71. The van der Waals surface area contributed by atoms with Crippen LogP contribution >= 0.6 is 0 Å². The van der Waals surface area contributed by atoms with Crippen LogP contribution in [0.4, 0.5) is 5.69 Å². The summed E-state index contributed by atoms with van der Waals surface area (Å²) in [5.41, 5.74) is 0.572. The molecule has 1 fully saturated rings. The molecule has 106 valence electrons. The number of nitrogens with one attached hydrogen (secondary N) is 2. The number of hydrogen-bond acceptors (Lipinski definition) is 4. The topological polar surface area (TPSA) is 71.1 Å². The molecule has 0 saturated heterocycles. The monoisotopic (exact) mass is 283 g/mol. The van der Waals surface area contributed by atoms with Crippen LogP contribution in [-0.4, -0.2) is 27.0 Å². The molecule has 2 N–H and O–H groups in total. The molecule has 0 amide bonds. The Bertz CT molecular complexity index is 530. The van der Waals surface area contributed by atoms with Gasteiger partial charge in [0.2, 0.25) is 10.0 Å². The minimum atomic E-state index is -3.48. The van der Waals surface area contributed by atoms with Crippen molar-refractivity contribution in [3.8, 4) is 0 Å². The maximum Gasteiger partial charge on any atom is 0.244 e. The fraction of sp³-hybridized carbons (Fsp3) is 0.615. The highest BCUT2D eigenvalue weighted by Gasteiger charge is 2.24. The first kappa shape index (κ1) is 14.3. The van der Waals surface area contributed by atoms with Crippen molar-refractivity contribution >= 4 is 15.7 Å². The first-order valence-electron chi connectivity index (χ1n) is 6.64. The van der Waals surface area contributed by atoms with Crippen LogP contribution in [0.15, 0.2) is 23.4 Å². The average Bonchev–Trinajstić information content (AvgIpc) is 2.82. The molecular weight excluding hydrogens is 262 g/mol. The van der Waals surface area contributed by atoms with Gasteiger partial charge in [-0.3, -0.25) is 4.98 Å². The third kappa shape index (κ3) is 3.45. The molecule has 1 aromatic heterocycles. The SMILES string of the molecule is CNc1ccncc1S(=O)(=O)NCC1CCC(C)C1. The highest BCUT2D eigenvalue weighted by molar-refractivity contribution is 7.89. The predicted octanol–water partition coefficient (Wildman–Crippen LogP) is 1.84. The fourth-order valence-electron chi connectivity index (χ4n) is 2.62. The van der Waals surface area contributed by atoms with E-state index in [9.17, 15) is 8.42 Å². The zero-order chi connectivity index (χ0) is 13.9. The van der Waals surface area contributed by atoms with E-state index < -0.39 is 10.0 Å². The lowest BCUT2D eigenvalue weighted by atomic mass is 10.1. The summed E-state index contributed by atoms with van der Waals surface area (Å²) < 4.78 is 27.2. The second-order valence-electron chi connectivity index (χ2n) is 5.26. The molecule has 1 aliphatic carbocycles. The van der Waals surface area contributed by atoms with Gasteiger partial charge in [0.05, 0.1) is 5.69 Å². The molecule has 2 atom stereocenters. The van der Waals surface area contributed by atoms with Crippen LogP contribution in [0.2, 0.25) is 0 Å². The Balaban J connectivity index is 2.06. The largest absolute Gasteiger partial charge is 0.387 e. The smallest absolute Gasteiger partial charge is 0.244 e. The lowest BCUT2D eigenvalue weighted by molar-refractivity contribution is 0.498. The maximum atomic E-state index is 12.3. The van der Waals surface area contributed by atoms with E-state index in [1.54, 1.807) is 19.3 Å². The average molecular weight is 283 g/mol. The van der Waals surface area contributed by atoms with Crippen LogP contribution < -0.4 is 10.0 Å².